The largest absolute Gasteiger partial charge is 0.508 e. The molecule has 1 aromatic rings. The molecular formula is C24H31N3O. The summed E-state index contributed by atoms with van der Waals surface area (Å²) in [6.07, 6.45) is 5.81. The normalized spacial score (nSPS) is 15.9. The Bertz CT molecular complexity index is 824. The monoisotopic (exact) mass is 377 g/mol. The van der Waals surface area contributed by atoms with Crippen LogP contribution >= 0.6 is 0 Å². The quantitative estimate of drug-likeness (QED) is 0.362. The van der Waals surface area contributed by atoms with E-state index in [2.05, 4.69) is 36.5 Å². The van der Waals surface area contributed by atoms with E-state index < -0.39 is 0 Å². The topological polar surface area (TPSA) is 47.9 Å². The van der Waals surface area contributed by atoms with Crippen LogP contribution in [0.4, 0.5) is 0 Å². The molecule has 0 spiro atoms. The van der Waals surface area contributed by atoms with Crippen LogP contribution in [-0.4, -0.2) is 28.8 Å². The van der Waals surface area contributed by atoms with Crippen molar-refractivity contribution in [1.29, 1.82) is 0 Å². The van der Waals surface area contributed by atoms with E-state index in [0.29, 0.717) is 11.5 Å². The fraction of sp³-hybridized carbons (Fsp3) is 0.292. The molecule has 0 amide bonds. The highest BCUT2D eigenvalue weighted by Crippen LogP contribution is 2.25. The Kier molecular flexibility index (Phi) is 7.44. The molecule has 1 aliphatic heterocycles. The molecule has 0 unspecified atom stereocenters. The van der Waals surface area contributed by atoms with Gasteiger partial charge in [-0.15, -0.1) is 0 Å². The van der Waals surface area contributed by atoms with Crippen molar-refractivity contribution >= 4 is 11.5 Å². The van der Waals surface area contributed by atoms with E-state index in [1.165, 1.54) is 0 Å². The fourth-order valence-corrected chi connectivity index (χ4v) is 3.27. The summed E-state index contributed by atoms with van der Waals surface area (Å²) in [5.74, 6) is 1.25. The zero-order valence-electron chi connectivity index (χ0n) is 17.0. The van der Waals surface area contributed by atoms with Crippen LogP contribution in [-0.2, 0) is 0 Å². The van der Waals surface area contributed by atoms with Crippen LogP contribution < -0.4 is 5.32 Å². The fourth-order valence-electron chi connectivity index (χ4n) is 3.27. The Morgan fingerprint density at radius 1 is 1.21 bits per heavy atom. The van der Waals surface area contributed by atoms with E-state index in [1.54, 1.807) is 6.08 Å². The molecule has 0 aliphatic carbocycles. The summed E-state index contributed by atoms with van der Waals surface area (Å²) in [6, 6.07) is 7.57. The summed E-state index contributed by atoms with van der Waals surface area (Å²) in [5, 5.41) is 12.9. The number of hydrogen-bond acceptors (Lipinski definition) is 4. The number of nitrogens with zero attached hydrogens (tertiary/aromatic N) is 2. The summed E-state index contributed by atoms with van der Waals surface area (Å²) in [7, 11) is 0. The third-order valence-corrected chi connectivity index (χ3v) is 5.10. The first kappa shape index (κ1) is 21.3. The minimum atomic E-state index is 0.0573. The summed E-state index contributed by atoms with van der Waals surface area (Å²) >= 11 is 0. The van der Waals surface area contributed by atoms with Gasteiger partial charge in [0, 0.05) is 41.7 Å². The van der Waals surface area contributed by atoms with Gasteiger partial charge < -0.3 is 15.3 Å². The lowest BCUT2D eigenvalue weighted by Gasteiger charge is -2.34. The van der Waals surface area contributed by atoms with E-state index in [1.807, 2.05) is 44.2 Å². The van der Waals surface area contributed by atoms with E-state index >= 15 is 0 Å². The van der Waals surface area contributed by atoms with Crippen molar-refractivity contribution in [2.45, 2.75) is 26.7 Å². The van der Waals surface area contributed by atoms with Crippen LogP contribution in [0.25, 0.3) is 5.76 Å². The number of aliphatic hydroxyl groups excluding tert-OH is 1. The van der Waals surface area contributed by atoms with E-state index in [9.17, 15) is 5.11 Å². The number of aliphatic hydroxyl groups is 1. The zero-order chi connectivity index (χ0) is 20.7. The molecule has 0 saturated carbocycles. The first-order chi connectivity index (χ1) is 13.3. The van der Waals surface area contributed by atoms with Gasteiger partial charge in [-0.3, -0.25) is 0 Å². The number of hydrogen-bond donors (Lipinski definition) is 2. The molecule has 2 N–H and O–H groups in total. The van der Waals surface area contributed by atoms with Gasteiger partial charge in [0.15, 0.2) is 0 Å². The molecule has 1 fully saturated rings. The second-order valence-electron chi connectivity index (χ2n) is 7.00. The second-order valence-corrected chi connectivity index (χ2v) is 7.00. The van der Waals surface area contributed by atoms with Crippen molar-refractivity contribution in [2.75, 3.05) is 13.1 Å². The number of nitrogens with one attached hydrogen (secondary N) is 1. The molecule has 2 rings (SSSR count). The highest BCUT2D eigenvalue weighted by Gasteiger charge is 2.22. The standard InChI is InChI=1S/C24H31N3O/c1-7-24(8-2)26-17(3)21-12-14-27(15-13-21)20(6)25-18(4)22-10-9-11-23(16-22)19(5)28/h7-11,16,21,26,28H,1,3,5-6,12-15H2,2,4H3/b24-8+,25-18?. The van der Waals surface area contributed by atoms with Crippen molar-refractivity contribution in [1.82, 2.24) is 10.2 Å². The number of rotatable bonds is 8. The summed E-state index contributed by atoms with van der Waals surface area (Å²) in [4.78, 5) is 6.91. The molecule has 1 saturated heterocycles. The van der Waals surface area contributed by atoms with E-state index in [4.69, 9.17) is 4.99 Å². The molecule has 1 aliphatic rings. The lowest BCUT2D eigenvalue weighted by Crippen LogP contribution is -2.35. The Morgan fingerprint density at radius 2 is 1.86 bits per heavy atom. The number of allylic oxidation sites excluding steroid dienone is 3. The smallest absolute Gasteiger partial charge is 0.121 e. The molecule has 148 valence electrons. The van der Waals surface area contributed by atoms with Crippen molar-refractivity contribution in [3.63, 3.8) is 0 Å². The average molecular weight is 378 g/mol. The maximum atomic E-state index is 9.59. The molecule has 1 aromatic carbocycles. The number of likely N-dealkylation sites (tertiary alicyclic amines) is 1. The van der Waals surface area contributed by atoms with Gasteiger partial charge in [0.1, 0.15) is 11.6 Å². The van der Waals surface area contributed by atoms with Crippen molar-refractivity contribution in [3.05, 3.63) is 91.1 Å². The van der Waals surface area contributed by atoms with E-state index in [-0.39, 0.29) is 5.76 Å². The molecule has 1 heterocycles. The maximum absolute atomic E-state index is 9.59. The molecule has 0 aromatic heterocycles. The molecule has 0 atom stereocenters. The SMILES string of the molecule is C=C/C(=C\C)NC(=C)C1CCN(C(=C)N=C(C)c2cccc(C(=C)O)c2)CC1. The number of benzene rings is 1. The van der Waals surface area contributed by atoms with Gasteiger partial charge in [0.05, 0.1) is 0 Å². The molecule has 0 bridgehead atoms. The lowest BCUT2D eigenvalue weighted by atomic mass is 9.94. The van der Waals surface area contributed by atoms with Gasteiger partial charge in [0.2, 0.25) is 0 Å². The van der Waals surface area contributed by atoms with Crippen molar-refractivity contribution in [3.8, 4) is 0 Å². The minimum absolute atomic E-state index is 0.0573. The third-order valence-electron chi connectivity index (χ3n) is 5.10. The van der Waals surface area contributed by atoms with E-state index in [0.717, 1.165) is 54.4 Å². The van der Waals surface area contributed by atoms with Crippen LogP contribution in [0.1, 0.15) is 37.8 Å². The van der Waals surface area contributed by atoms with Crippen LogP contribution in [0, 0.1) is 5.92 Å². The maximum Gasteiger partial charge on any atom is 0.121 e. The number of piperidine rings is 1. The van der Waals surface area contributed by atoms with Crippen molar-refractivity contribution < 1.29 is 5.11 Å². The molecular weight excluding hydrogens is 346 g/mol. The first-order valence-electron chi connectivity index (χ1n) is 9.58. The second kappa shape index (κ2) is 9.79. The van der Waals surface area contributed by atoms with Crippen LogP contribution in [0.2, 0.25) is 0 Å². The highest BCUT2D eigenvalue weighted by atomic mass is 16.3. The van der Waals surface area contributed by atoms with Gasteiger partial charge in [-0.2, -0.15) is 0 Å². The summed E-state index contributed by atoms with van der Waals surface area (Å²) in [5.41, 5.74) is 4.54. The minimum Gasteiger partial charge on any atom is -0.508 e. The van der Waals surface area contributed by atoms with Gasteiger partial charge in [-0.1, -0.05) is 50.6 Å². The Hall–Kier alpha value is -3.01. The first-order valence-corrected chi connectivity index (χ1v) is 9.58. The van der Waals surface area contributed by atoms with Crippen LogP contribution in [0.5, 0.6) is 0 Å². The van der Waals surface area contributed by atoms with Gasteiger partial charge in [-0.05, 0) is 44.4 Å². The molecule has 4 heteroatoms. The van der Waals surface area contributed by atoms with Crippen LogP contribution in [0.15, 0.2) is 84.9 Å². The van der Waals surface area contributed by atoms with Gasteiger partial charge >= 0.3 is 0 Å². The molecule has 28 heavy (non-hydrogen) atoms. The third kappa shape index (κ3) is 5.49. The Labute approximate surface area is 169 Å². The summed E-state index contributed by atoms with van der Waals surface area (Å²) in [6.45, 7) is 21.5. The summed E-state index contributed by atoms with van der Waals surface area (Å²) < 4.78 is 0. The number of aliphatic imine (C=N–C) groups is 1. The lowest BCUT2D eigenvalue weighted by molar-refractivity contribution is 0.241. The van der Waals surface area contributed by atoms with Crippen molar-refractivity contribution in [2.24, 2.45) is 10.9 Å². The van der Waals surface area contributed by atoms with Gasteiger partial charge in [-0.25, -0.2) is 4.99 Å². The Balaban J connectivity index is 1.97. The van der Waals surface area contributed by atoms with Gasteiger partial charge in [0.25, 0.3) is 0 Å². The van der Waals surface area contributed by atoms with Crippen LogP contribution in [0.3, 0.4) is 0 Å². The predicted octanol–water partition coefficient (Wildman–Crippen LogP) is 5.40. The molecule has 0 radical (unpaired) electrons. The average Bonchev–Trinajstić information content (AvgIpc) is 2.71. The zero-order valence-corrected chi connectivity index (χ0v) is 17.0. The molecule has 4 nitrogen and oxygen atoms in total. The Morgan fingerprint density at radius 3 is 2.43 bits per heavy atom. The highest BCUT2D eigenvalue weighted by molar-refractivity contribution is 5.99. The predicted molar refractivity (Wildman–Crippen MR) is 120 cm³/mol.